The first-order valence-corrected chi connectivity index (χ1v) is 5.88. The van der Waals surface area contributed by atoms with E-state index in [1.165, 1.54) is 16.7 Å². The van der Waals surface area contributed by atoms with Gasteiger partial charge in [0.15, 0.2) is 0 Å². The molecule has 1 amide bonds. The quantitative estimate of drug-likeness (QED) is 0.872. The molecule has 0 spiro atoms. The lowest BCUT2D eigenvalue weighted by Gasteiger charge is -2.10. The maximum atomic E-state index is 12.9. The second kappa shape index (κ2) is 5.12. The van der Waals surface area contributed by atoms with Gasteiger partial charge in [0.25, 0.3) is 11.5 Å². The van der Waals surface area contributed by atoms with Crippen molar-refractivity contribution in [2.24, 2.45) is 5.73 Å². The molecule has 0 bridgehead atoms. The van der Waals surface area contributed by atoms with Gasteiger partial charge in [-0.25, -0.2) is 13.8 Å². The first-order valence-electron chi connectivity index (χ1n) is 5.88. The summed E-state index contributed by atoms with van der Waals surface area (Å²) in [5.41, 5.74) is 3.57. The Balaban J connectivity index is 2.84. The van der Waals surface area contributed by atoms with Crippen molar-refractivity contribution in [3.63, 3.8) is 0 Å². The van der Waals surface area contributed by atoms with Crippen LogP contribution in [0, 0.1) is 5.82 Å². The Bertz CT molecular complexity index is 775. The Morgan fingerprint density at radius 1 is 1.25 bits per heavy atom. The molecule has 6 nitrogen and oxygen atoms in total. The molecule has 0 saturated carbocycles. The van der Waals surface area contributed by atoms with Crippen molar-refractivity contribution < 1.29 is 9.18 Å². The van der Waals surface area contributed by atoms with Gasteiger partial charge in [-0.1, -0.05) is 0 Å². The fourth-order valence-corrected chi connectivity index (χ4v) is 1.82. The van der Waals surface area contributed by atoms with E-state index in [2.05, 4.69) is 0 Å². The predicted molar refractivity (Wildman–Crippen MR) is 70.4 cm³/mol. The molecule has 1 aromatic carbocycles. The first-order chi connectivity index (χ1) is 9.45. The molecule has 0 atom stereocenters. The lowest BCUT2D eigenvalue weighted by atomic mass is 10.2. The molecule has 0 aliphatic carbocycles. The zero-order chi connectivity index (χ0) is 14.9. The second-order valence-electron chi connectivity index (χ2n) is 4.09. The highest BCUT2D eigenvalue weighted by atomic mass is 19.1. The number of aryl methyl sites for hydroxylation is 1. The zero-order valence-corrected chi connectivity index (χ0v) is 10.7. The summed E-state index contributed by atoms with van der Waals surface area (Å²) in [5.74, 6) is -1.42. The van der Waals surface area contributed by atoms with Crippen LogP contribution < -0.4 is 17.0 Å². The van der Waals surface area contributed by atoms with Crippen molar-refractivity contribution in [3.05, 3.63) is 62.7 Å². The monoisotopic (exact) mass is 277 g/mol. The largest absolute Gasteiger partial charge is 0.365 e. The van der Waals surface area contributed by atoms with Crippen molar-refractivity contribution in [2.75, 3.05) is 0 Å². The Labute approximate surface area is 112 Å². The van der Waals surface area contributed by atoms with Gasteiger partial charge in [0, 0.05) is 12.7 Å². The van der Waals surface area contributed by atoms with Crippen LogP contribution in [0.1, 0.15) is 17.3 Å². The van der Waals surface area contributed by atoms with E-state index in [-0.39, 0.29) is 17.8 Å². The van der Waals surface area contributed by atoms with E-state index < -0.39 is 23.0 Å². The van der Waals surface area contributed by atoms with Gasteiger partial charge in [-0.3, -0.25) is 14.2 Å². The van der Waals surface area contributed by atoms with Gasteiger partial charge >= 0.3 is 5.69 Å². The summed E-state index contributed by atoms with van der Waals surface area (Å²) >= 11 is 0. The molecular weight excluding hydrogens is 265 g/mol. The van der Waals surface area contributed by atoms with Crippen LogP contribution in [-0.4, -0.2) is 15.0 Å². The lowest BCUT2D eigenvalue weighted by molar-refractivity contribution is 0.0997. The number of benzene rings is 1. The number of nitrogens with zero attached hydrogens (tertiary/aromatic N) is 2. The number of hydrogen-bond donors (Lipinski definition) is 1. The van der Waals surface area contributed by atoms with Crippen LogP contribution in [0.3, 0.4) is 0 Å². The molecule has 0 fully saturated rings. The Morgan fingerprint density at radius 2 is 1.85 bits per heavy atom. The molecule has 0 saturated heterocycles. The minimum atomic E-state index is -0.923. The standard InChI is InChI=1S/C13H12FN3O3/c1-2-16-7-10(11(15)18)12(19)17(13(16)20)9-5-3-8(14)4-6-9/h3-7H,2H2,1H3,(H2,15,18). The van der Waals surface area contributed by atoms with Gasteiger partial charge in [-0.15, -0.1) is 0 Å². The average Bonchev–Trinajstić information content (AvgIpc) is 2.41. The van der Waals surface area contributed by atoms with Crippen LogP contribution in [-0.2, 0) is 6.54 Å². The van der Waals surface area contributed by atoms with E-state index in [1.54, 1.807) is 6.92 Å². The van der Waals surface area contributed by atoms with Crippen molar-refractivity contribution in [1.82, 2.24) is 9.13 Å². The summed E-state index contributed by atoms with van der Waals surface area (Å²) in [4.78, 5) is 35.6. The van der Waals surface area contributed by atoms with Gasteiger partial charge in [0.1, 0.15) is 11.4 Å². The van der Waals surface area contributed by atoms with Crippen LogP contribution in [0.15, 0.2) is 40.1 Å². The van der Waals surface area contributed by atoms with E-state index in [9.17, 15) is 18.8 Å². The van der Waals surface area contributed by atoms with Crippen LogP contribution in [0.5, 0.6) is 0 Å². The van der Waals surface area contributed by atoms with Crippen molar-refractivity contribution >= 4 is 5.91 Å². The van der Waals surface area contributed by atoms with Crippen LogP contribution >= 0.6 is 0 Å². The molecule has 20 heavy (non-hydrogen) atoms. The summed E-state index contributed by atoms with van der Waals surface area (Å²) < 4.78 is 14.9. The van der Waals surface area contributed by atoms with E-state index >= 15 is 0 Å². The van der Waals surface area contributed by atoms with Crippen molar-refractivity contribution in [2.45, 2.75) is 13.5 Å². The molecular formula is C13H12FN3O3. The highest BCUT2D eigenvalue weighted by molar-refractivity contribution is 5.92. The fourth-order valence-electron chi connectivity index (χ4n) is 1.82. The van der Waals surface area contributed by atoms with E-state index in [0.717, 1.165) is 22.9 Å². The maximum absolute atomic E-state index is 12.9. The third kappa shape index (κ3) is 2.25. The maximum Gasteiger partial charge on any atom is 0.335 e. The van der Waals surface area contributed by atoms with Gasteiger partial charge < -0.3 is 5.73 Å². The SMILES string of the molecule is CCn1cc(C(N)=O)c(=O)n(-c2ccc(F)cc2)c1=O. The third-order valence-electron chi connectivity index (χ3n) is 2.85. The van der Waals surface area contributed by atoms with Gasteiger partial charge in [-0.05, 0) is 31.2 Å². The molecule has 2 N–H and O–H groups in total. The molecule has 2 aromatic rings. The van der Waals surface area contributed by atoms with Crippen LogP contribution in [0.4, 0.5) is 4.39 Å². The van der Waals surface area contributed by atoms with Crippen molar-refractivity contribution in [3.8, 4) is 5.69 Å². The summed E-state index contributed by atoms with van der Waals surface area (Å²) in [7, 11) is 0. The van der Waals surface area contributed by atoms with Crippen LogP contribution in [0.25, 0.3) is 5.69 Å². The highest BCUT2D eigenvalue weighted by Gasteiger charge is 2.15. The second-order valence-corrected chi connectivity index (χ2v) is 4.09. The fraction of sp³-hybridized carbons (Fsp3) is 0.154. The predicted octanol–water partition coefficient (Wildman–Crippen LogP) is 0.257. The minimum absolute atomic E-state index is 0.173. The summed E-state index contributed by atoms with van der Waals surface area (Å²) in [5, 5.41) is 0. The van der Waals surface area contributed by atoms with Gasteiger partial charge in [0.05, 0.1) is 5.69 Å². The Hall–Kier alpha value is -2.70. The first kappa shape index (κ1) is 13.7. The molecule has 1 heterocycles. The normalized spacial score (nSPS) is 10.5. The summed E-state index contributed by atoms with van der Waals surface area (Å²) in [6.45, 7) is 1.95. The number of primary amides is 1. The average molecular weight is 277 g/mol. The molecule has 0 unspecified atom stereocenters. The molecule has 0 aliphatic rings. The number of aromatic nitrogens is 2. The van der Waals surface area contributed by atoms with E-state index in [0.29, 0.717) is 0 Å². The van der Waals surface area contributed by atoms with Crippen molar-refractivity contribution in [1.29, 1.82) is 0 Å². The Kier molecular flexibility index (Phi) is 3.51. The number of nitrogens with two attached hydrogens (primary N) is 1. The molecule has 0 aliphatic heterocycles. The minimum Gasteiger partial charge on any atom is -0.365 e. The molecule has 0 radical (unpaired) electrons. The molecule has 1 aromatic heterocycles. The number of carbonyl (C=O) groups is 1. The van der Waals surface area contributed by atoms with E-state index in [1.807, 2.05) is 0 Å². The van der Waals surface area contributed by atoms with Gasteiger partial charge in [-0.2, -0.15) is 0 Å². The summed E-state index contributed by atoms with van der Waals surface area (Å²) in [6.07, 6.45) is 1.13. The van der Waals surface area contributed by atoms with Gasteiger partial charge in [0.2, 0.25) is 0 Å². The molecule has 104 valence electrons. The number of carbonyl (C=O) groups excluding carboxylic acids is 1. The molecule has 2 rings (SSSR count). The Morgan fingerprint density at radius 3 is 2.35 bits per heavy atom. The highest BCUT2D eigenvalue weighted by Crippen LogP contribution is 2.05. The number of rotatable bonds is 3. The lowest BCUT2D eigenvalue weighted by Crippen LogP contribution is -2.42. The summed E-state index contributed by atoms with van der Waals surface area (Å²) in [6, 6.07) is 4.80. The topological polar surface area (TPSA) is 87.1 Å². The number of halogens is 1. The number of amides is 1. The number of hydrogen-bond acceptors (Lipinski definition) is 3. The third-order valence-corrected chi connectivity index (χ3v) is 2.85. The smallest absolute Gasteiger partial charge is 0.335 e. The molecule has 7 heteroatoms. The van der Waals surface area contributed by atoms with Crippen LogP contribution in [0.2, 0.25) is 0 Å². The van der Waals surface area contributed by atoms with E-state index in [4.69, 9.17) is 5.73 Å². The zero-order valence-electron chi connectivity index (χ0n) is 10.7.